The monoisotopic (exact) mass is 267 g/mol. The lowest BCUT2D eigenvalue weighted by molar-refractivity contribution is 0.302. The van der Waals surface area contributed by atoms with Crippen molar-refractivity contribution >= 4 is 5.65 Å². The van der Waals surface area contributed by atoms with Crippen LogP contribution >= 0.6 is 0 Å². The van der Waals surface area contributed by atoms with Crippen molar-refractivity contribution in [1.29, 1.82) is 0 Å². The standard InChI is InChI=1S/C16H17N3O/c17-8-7-13-4-3-5-15(10-13)20-12-14-11-19-9-2-1-6-16(19)18-14/h1-6,9-11H,7-8,12,17H2. The molecule has 20 heavy (non-hydrogen) atoms. The van der Waals surface area contributed by atoms with Crippen LogP contribution in [-0.4, -0.2) is 15.9 Å². The number of ether oxygens (including phenoxy) is 1. The van der Waals surface area contributed by atoms with Gasteiger partial charge in [-0.15, -0.1) is 0 Å². The van der Waals surface area contributed by atoms with Crippen LogP contribution in [-0.2, 0) is 13.0 Å². The lowest BCUT2D eigenvalue weighted by Gasteiger charge is -2.06. The van der Waals surface area contributed by atoms with Gasteiger partial charge in [-0.2, -0.15) is 0 Å². The summed E-state index contributed by atoms with van der Waals surface area (Å²) >= 11 is 0. The fraction of sp³-hybridized carbons (Fsp3) is 0.188. The average molecular weight is 267 g/mol. The van der Waals surface area contributed by atoms with E-state index in [0.29, 0.717) is 13.2 Å². The van der Waals surface area contributed by atoms with Gasteiger partial charge >= 0.3 is 0 Å². The maximum Gasteiger partial charge on any atom is 0.137 e. The summed E-state index contributed by atoms with van der Waals surface area (Å²) in [5.74, 6) is 0.855. The van der Waals surface area contributed by atoms with Crippen molar-refractivity contribution in [1.82, 2.24) is 9.38 Å². The second-order valence-electron chi connectivity index (χ2n) is 4.67. The van der Waals surface area contributed by atoms with Gasteiger partial charge in [-0.25, -0.2) is 4.98 Å². The number of hydrogen-bond acceptors (Lipinski definition) is 3. The van der Waals surface area contributed by atoms with Crippen LogP contribution < -0.4 is 10.5 Å². The van der Waals surface area contributed by atoms with E-state index in [2.05, 4.69) is 11.1 Å². The molecule has 4 nitrogen and oxygen atoms in total. The molecule has 0 atom stereocenters. The molecule has 0 radical (unpaired) electrons. The first-order valence-electron chi connectivity index (χ1n) is 6.69. The number of imidazole rings is 1. The van der Waals surface area contributed by atoms with Crippen LogP contribution in [0.15, 0.2) is 54.9 Å². The van der Waals surface area contributed by atoms with E-state index in [4.69, 9.17) is 10.5 Å². The molecule has 0 bridgehead atoms. The van der Waals surface area contributed by atoms with E-state index in [1.165, 1.54) is 5.56 Å². The summed E-state index contributed by atoms with van der Waals surface area (Å²) in [4.78, 5) is 4.50. The molecule has 102 valence electrons. The Morgan fingerprint density at radius 1 is 1.15 bits per heavy atom. The van der Waals surface area contributed by atoms with Crippen LogP contribution in [0.3, 0.4) is 0 Å². The van der Waals surface area contributed by atoms with Gasteiger partial charge < -0.3 is 14.9 Å². The number of aromatic nitrogens is 2. The second-order valence-corrected chi connectivity index (χ2v) is 4.67. The van der Waals surface area contributed by atoms with E-state index in [1.54, 1.807) is 0 Å². The Bertz CT molecular complexity index is 673. The highest BCUT2D eigenvalue weighted by Gasteiger charge is 2.02. The molecule has 0 spiro atoms. The molecule has 2 N–H and O–H groups in total. The summed E-state index contributed by atoms with van der Waals surface area (Å²) in [7, 11) is 0. The number of fused-ring (bicyclic) bond motifs is 1. The number of rotatable bonds is 5. The molecule has 0 aliphatic carbocycles. The molecule has 0 saturated heterocycles. The largest absolute Gasteiger partial charge is 0.487 e. The molecule has 0 amide bonds. The minimum absolute atomic E-state index is 0.466. The van der Waals surface area contributed by atoms with Crippen molar-refractivity contribution in [3.05, 3.63) is 66.1 Å². The zero-order chi connectivity index (χ0) is 13.8. The zero-order valence-corrected chi connectivity index (χ0v) is 11.2. The van der Waals surface area contributed by atoms with Crippen molar-refractivity contribution in [3.8, 4) is 5.75 Å². The first kappa shape index (κ1) is 12.7. The maximum atomic E-state index is 5.79. The molecule has 1 aromatic carbocycles. The van der Waals surface area contributed by atoms with Crippen molar-refractivity contribution in [2.75, 3.05) is 6.54 Å². The van der Waals surface area contributed by atoms with E-state index in [9.17, 15) is 0 Å². The van der Waals surface area contributed by atoms with Crippen LogP contribution in [0.5, 0.6) is 5.75 Å². The fourth-order valence-electron chi connectivity index (χ4n) is 2.17. The molecule has 0 saturated carbocycles. The van der Waals surface area contributed by atoms with E-state index < -0.39 is 0 Å². The van der Waals surface area contributed by atoms with Gasteiger partial charge in [0.15, 0.2) is 0 Å². The van der Waals surface area contributed by atoms with Gasteiger partial charge in [0.1, 0.15) is 18.0 Å². The molecule has 0 aliphatic heterocycles. The summed E-state index contributed by atoms with van der Waals surface area (Å²) in [5.41, 5.74) is 8.61. The molecular formula is C16H17N3O. The minimum atomic E-state index is 0.466. The third kappa shape index (κ3) is 2.81. The predicted octanol–water partition coefficient (Wildman–Crippen LogP) is 2.41. The molecule has 3 aromatic rings. The van der Waals surface area contributed by atoms with Gasteiger partial charge in [0.2, 0.25) is 0 Å². The van der Waals surface area contributed by atoms with Gasteiger partial charge in [0.05, 0.1) is 5.69 Å². The van der Waals surface area contributed by atoms with Crippen molar-refractivity contribution in [3.63, 3.8) is 0 Å². The summed E-state index contributed by atoms with van der Waals surface area (Å²) in [6.07, 6.45) is 4.83. The van der Waals surface area contributed by atoms with Gasteiger partial charge in [-0.05, 0) is 42.8 Å². The number of pyridine rings is 1. The van der Waals surface area contributed by atoms with E-state index >= 15 is 0 Å². The topological polar surface area (TPSA) is 52.5 Å². The van der Waals surface area contributed by atoms with Crippen molar-refractivity contribution < 1.29 is 4.74 Å². The lowest BCUT2D eigenvalue weighted by atomic mass is 10.1. The Balaban J connectivity index is 1.71. The molecule has 4 heteroatoms. The Labute approximate surface area is 117 Å². The summed E-state index contributed by atoms with van der Waals surface area (Å²) < 4.78 is 7.78. The molecule has 0 aliphatic rings. The summed E-state index contributed by atoms with van der Waals surface area (Å²) in [6.45, 7) is 1.11. The molecule has 0 fully saturated rings. The zero-order valence-electron chi connectivity index (χ0n) is 11.2. The van der Waals surface area contributed by atoms with E-state index in [1.807, 2.05) is 53.2 Å². The normalized spacial score (nSPS) is 10.8. The predicted molar refractivity (Wildman–Crippen MR) is 78.7 cm³/mol. The first-order chi connectivity index (χ1) is 9.85. The van der Waals surface area contributed by atoms with Gasteiger partial charge in [-0.1, -0.05) is 18.2 Å². The number of nitrogens with two attached hydrogens (primary N) is 1. The van der Waals surface area contributed by atoms with E-state index in [-0.39, 0.29) is 0 Å². The fourth-order valence-corrected chi connectivity index (χ4v) is 2.17. The van der Waals surface area contributed by atoms with Gasteiger partial charge in [0.25, 0.3) is 0 Å². The minimum Gasteiger partial charge on any atom is -0.487 e. The van der Waals surface area contributed by atoms with Crippen LogP contribution in [0.25, 0.3) is 5.65 Å². The van der Waals surface area contributed by atoms with Crippen LogP contribution in [0.2, 0.25) is 0 Å². The average Bonchev–Trinajstić information content (AvgIpc) is 2.89. The van der Waals surface area contributed by atoms with Crippen LogP contribution in [0, 0.1) is 0 Å². The molecular weight excluding hydrogens is 250 g/mol. The first-order valence-corrected chi connectivity index (χ1v) is 6.69. The van der Waals surface area contributed by atoms with Crippen LogP contribution in [0.4, 0.5) is 0 Å². The van der Waals surface area contributed by atoms with E-state index in [0.717, 1.165) is 23.5 Å². The summed E-state index contributed by atoms with van der Waals surface area (Å²) in [6, 6.07) is 14.0. The van der Waals surface area contributed by atoms with Gasteiger partial charge in [0, 0.05) is 12.4 Å². The second kappa shape index (κ2) is 5.75. The SMILES string of the molecule is NCCc1cccc(OCc2cn3ccccc3n2)c1. The smallest absolute Gasteiger partial charge is 0.137 e. The molecule has 3 rings (SSSR count). The van der Waals surface area contributed by atoms with Crippen molar-refractivity contribution in [2.45, 2.75) is 13.0 Å². The molecule has 2 heterocycles. The Morgan fingerprint density at radius 2 is 2.10 bits per heavy atom. The molecule has 2 aromatic heterocycles. The highest BCUT2D eigenvalue weighted by molar-refractivity contribution is 5.39. The Kier molecular flexibility index (Phi) is 3.65. The number of nitrogens with zero attached hydrogens (tertiary/aromatic N) is 2. The van der Waals surface area contributed by atoms with Gasteiger partial charge in [-0.3, -0.25) is 0 Å². The highest BCUT2D eigenvalue weighted by Crippen LogP contribution is 2.15. The maximum absolute atomic E-state index is 5.79. The number of benzene rings is 1. The lowest BCUT2D eigenvalue weighted by Crippen LogP contribution is -2.03. The third-order valence-corrected chi connectivity index (χ3v) is 3.13. The quantitative estimate of drug-likeness (QED) is 0.772. The van der Waals surface area contributed by atoms with Crippen molar-refractivity contribution in [2.24, 2.45) is 5.73 Å². The summed E-state index contributed by atoms with van der Waals surface area (Å²) in [5, 5.41) is 0. The Hall–Kier alpha value is -2.33. The molecule has 0 unspecified atom stereocenters. The Morgan fingerprint density at radius 3 is 2.95 bits per heavy atom. The number of hydrogen-bond donors (Lipinski definition) is 1. The highest BCUT2D eigenvalue weighted by atomic mass is 16.5. The third-order valence-electron chi connectivity index (χ3n) is 3.13. The van der Waals surface area contributed by atoms with Crippen LogP contribution in [0.1, 0.15) is 11.3 Å².